The van der Waals surface area contributed by atoms with Crippen LogP contribution in [0.15, 0.2) is 12.4 Å². The highest BCUT2D eigenvalue weighted by atomic mass is 15.4. The number of hydrogen-bond acceptors (Lipinski definition) is 2. The third kappa shape index (κ3) is 2.47. The van der Waals surface area contributed by atoms with Gasteiger partial charge < -0.3 is 9.80 Å². The zero-order valence-corrected chi connectivity index (χ0v) is 11.3. The van der Waals surface area contributed by atoms with Gasteiger partial charge in [-0.3, -0.25) is 0 Å². The van der Waals surface area contributed by atoms with E-state index in [1.807, 2.05) is 0 Å². The van der Waals surface area contributed by atoms with Crippen LogP contribution in [0.3, 0.4) is 0 Å². The molecule has 0 spiro atoms. The normalized spacial score (nSPS) is 18.7. The van der Waals surface area contributed by atoms with E-state index in [0.29, 0.717) is 18.2 Å². The Morgan fingerprint density at radius 1 is 0.867 bits per heavy atom. The molecule has 0 bridgehead atoms. The summed E-state index contributed by atoms with van der Waals surface area (Å²) < 4.78 is 0. The Labute approximate surface area is 94.9 Å². The molecule has 15 heavy (non-hydrogen) atoms. The molecule has 0 unspecified atom stereocenters. The van der Waals surface area contributed by atoms with Crippen LogP contribution in [-0.2, 0) is 0 Å². The maximum Gasteiger partial charge on any atom is 0.106 e. The summed E-state index contributed by atoms with van der Waals surface area (Å²) in [5.41, 5.74) is 0.276. The van der Waals surface area contributed by atoms with Gasteiger partial charge >= 0.3 is 0 Å². The zero-order chi connectivity index (χ0) is 11.8. The summed E-state index contributed by atoms with van der Waals surface area (Å²) >= 11 is 0. The second kappa shape index (κ2) is 4.07. The summed E-state index contributed by atoms with van der Waals surface area (Å²) in [6.45, 7) is 16.0. The molecule has 0 aromatic rings. The lowest BCUT2D eigenvalue weighted by atomic mass is 9.90. The fourth-order valence-corrected chi connectivity index (χ4v) is 2.27. The van der Waals surface area contributed by atoms with Crippen LogP contribution in [0.1, 0.15) is 48.5 Å². The van der Waals surface area contributed by atoms with Crippen molar-refractivity contribution in [2.75, 3.05) is 0 Å². The molecule has 1 aliphatic heterocycles. The van der Waals surface area contributed by atoms with Gasteiger partial charge in [-0.05, 0) is 27.7 Å². The van der Waals surface area contributed by atoms with Crippen molar-refractivity contribution in [1.82, 2.24) is 9.80 Å². The van der Waals surface area contributed by atoms with Gasteiger partial charge in [0.1, 0.15) is 6.17 Å². The summed E-state index contributed by atoms with van der Waals surface area (Å²) in [5, 5.41) is 0. The summed E-state index contributed by atoms with van der Waals surface area (Å²) in [6, 6.07) is 1.13. The Bertz CT molecular complexity index is 217. The first-order valence-electron chi connectivity index (χ1n) is 5.98. The Kier molecular flexibility index (Phi) is 3.37. The van der Waals surface area contributed by atoms with Crippen LogP contribution < -0.4 is 0 Å². The summed E-state index contributed by atoms with van der Waals surface area (Å²) in [5.74, 6) is 0. The maximum atomic E-state index is 2.46. The summed E-state index contributed by atoms with van der Waals surface area (Å²) in [4.78, 5) is 4.92. The molecule has 0 aromatic heterocycles. The highest BCUT2D eigenvalue weighted by molar-refractivity contribution is 5.03. The lowest BCUT2D eigenvalue weighted by Crippen LogP contribution is -2.51. The van der Waals surface area contributed by atoms with E-state index >= 15 is 0 Å². The van der Waals surface area contributed by atoms with Crippen molar-refractivity contribution in [2.45, 2.75) is 66.7 Å². The first-order chi connectivity index (χ1) is 6.75. The van der Waals surface area contributed by atoms with E-state index in [-0.39, 0.29) is 5.41 Å². The van der Waals surface area contributed by atoms with Crippen LogP contribution >= 0.6 is 0 Å². The molecule has 1 rings (SSSR count). The zero-order valence-electron chi connectivity index (χ0n) is 11.3. The van der Waals surface area contributed by atoms with Gasteiger partial charge in [0.25, 0.3) is 0 Å². The second-order valence-electron chi connectivity index (χ2n) is 6.12. The smallest absolute Gasteiger partial charge is 0.106 e. The quantitative estimate of drug-likeness (QED) is 0.690. The van der Waals surface area contributed by atoms with Gasteiger partial charge in [-0.2, -0.15) is 0 Å². The Morgan fingerprint density at radius 2 is 1.20 bits per heavy atom. The molecular formula is C13H26N2. The molecule has 0 N–H and O–H groups in total. The number of rotatable bonds is 2. The topological polar surface area (TPSA) is 6.48 Å². The van der Waals surface area contributed by atoms with E-state index in [4.69, 9.17) is 0 Å². The average Bonchev–Trinajstić information content (AvgIpc) is 2.45. The predicted octanol–water partition coefficient (Wildman–Crippen LogP) is 3.26. The minimum absolute atomic E-state index is 0.276. The number of hydrogen-bond donors (Lipinski definition) is 0. The third-order valence-electron chi connectivity index (χ3n) is 2.94. The second-order valence-corrected chi connectivity index (χ2v) is 6.12. The molecule has 0 aromatic carbocycles. The average molecular weight is 210 g/mol. The van der Waals surface area contributed by atoms with Crippen molar-refractivity contribution in [2.24, 2.45) is 5.41 Å². The van der Waals surface area contributed by atoms with Gasteiger partial charge in [-0.25, -0.2) is 0 Å². The van der Waals surface area contributed by atoms with Gasteiger partial charge in [0.2, 0.25) is 0 Å². The highest BCUT2D eigenvalue weighted by Gasteiger charge is 2.38. The van der Waals surface area contributed by atoms with Crippen molar-refractivity contribution in [3.8, 4) is 0 Å². The van der Waals surface area contributed by atoms with Gasteiger partial charge in [0.15, 0.2) is 0 Å². The predicted molar refractivity (Wildman–Crippen MR) is 66.3 cm³/mol. The van der Waals surface area contributed by atoms with Crippen LogP contribution in [0.25, 0.3) is 0 Å². The van der Waals surface area contributed by atoms with Crippen molar-refractivity contribution in [1.29, 1.82) is 0 Å². The van der Waals surface area contributed by atoms with Crippen LogP contribution in [0, 0.1) is 5.41 Å². The van der Waals surface area contributed by atoms with Crippen LogP contribution in [0.2, 0.25) is 0 Å². The van der Waals surface area contributed by atoms with Gasteiger partial charge in [-0.1, -0.05) is 20.8 Å². The summed E-state index contributed by atoms with van der Waals surface area (Å²) in [6.07, 6.45) is 4.96. The molecule has 0 saturated heterocycles. The fraction of sp³-hybridized carbons (Fsp3) is 0.846. The number of nitrogens with zero attached hydrogens (tertiary/aromatic N) is 2. The van der Waals surface area contributed by atoms with Crippen LogP contribution in [-0.4, -0.2) is 28.0 Å². The largest absolute Gasteiger partial charge is 0.353 e. The molecule has 88 valence electrons. The van der Waals surface area contributed by atoms with Gasteiger partial charge in [-0.15, -0.1) is 0 Å². The van der Waals surface area contributed by atoms with E-state index in [1.54, 1.807) is 0 Å². The molecule has 0 saturated carbocycles. The monoisotopic (exact) mass is 210 g/mol. The molecule has 0 fully saturated rings. The van der Waals surface area contributed by atoms with Crippen molar-refractivity contribution in [3.63, 3.8) is 0 Å². The van der Waals surface area contributed by atoms with Crippen molar-refractivity contribution >= 4 is 0 Å². The SMILES string of the molecule is CC(C)N1C=CN(C(C)C)C1C(C)(C)C. The van der Waals surface area contributed by atoms with E-state index in [1.165, 1.54) is 0 Å². The van der Waals surface area contributed by atoms with E-state index in [0.717, 1.165) is 0 Å². The lowest BCUT2D eigenvalue weighted by molar-refractivity contribution is 0.0185. The highest BCUT2D eigenvalue weighted by Crippen LogP contribution is 2.34. The van der Waals surface area contributed by atoms with Gasteiger partial charge in [0.05, 0.1) is 0 Å². The van der Waals surface area contributed by atoms with E-state index < -0.39 is 0 Å². The summed E-state index contributed by atoms with van der Waals surface area (Å²) in [7, 11) is 0. The molecule has 0 radical (unpaired) electrons. The molecule has 0 amide bonds. The Balaban J connectivity index is 2.93. The molecule has 2 nitrogen and oxygen atoms in total. The van der Waals surface area contributed by atoms with Crippen molar-refractivity contribution in [3.05, 3.63) is 12.4 Å². The van der Waals surface area contributed by atoms with Crippen molar-refractivity contribution < 1.29 is 0 Å². The first kappa shape index (κ1) is 12.4. The fourth-order valence-electron chi connectivity index (χ4n) is 2.27. The minimum atomic E-state index is 0.276. The molecule has 1 heterocycles. The van der Waals surface area contributed by atoms with Crippen LogP contribution in [0.4, 0.5) is 0 Å². The first-order valence-corrected chi connectivity index (χ1v) is 5.98. The third-order valence-corrected chi connectivity index (χ3v) is 2.94. The molecule has 0 aliphatic carbocycles. The van der Waals surface area contributed by atoms with E-state index in [9.17, 15) is 0 Å². The standard InChI is InChI=1S/C13H26N2/c1-10(2)14-8-9-15(11(3)4)12(14)13(5,6)7/h8-12H,1-7H3. The minimum Gasteiger partial charge on any atom is -0.353 e. The Morgan fingerprint density at radius 3 is 1.40 bits per heavy atom. The molecule has 2 heteroatoms. The van der Waals surface area contributed by atoms with Gasteiger partial charge in [0, 0.05) is 29.9 Å². The Hall–Kier alpha value is -0.660. The maximum absolute atomic E-state index is 2.46. The molecule has 1 aliphatic rings. The lowest BCUT2D eigenvalue weighted by Gasteiger charge is -2.44. The van der Waals surface area contributed by atoms with Crippen LogP contribution in [0.5, 0.6) is 0 Å². The molecule has 0 atom stereocenters. The molecular weight excluding hydrogens is 184 g/mol. The van der Waals surface area contributed by atoms with E-state index in [2.05, 4.69) is 70.7 Å².